The maximum absolute atomic E-state index is 12.8. The summed E-state index contributed by atoms with van der Waals surface area (Å²) in [6.07, 6.45) is 4.24. The number of anilines is 3. The van der Waals surface area contributed by atoms with E-state index in [9.17, 15) is 29.4 Å². The first-order valence-corrected chi connectivity index (χ1v) is 17.9. The molecule has 1 aromatic heterocycles. The van der Waals surface area contributed by atoms with Crippen molar-refractivity contribution in [2.24, 2.45) is 12.0 Å². The van der Waals surface area contributed by atoms with E-state index >= 15 is 0 Å². The Morgan fingerprint density at radius 2 is 1.81 bits per heavy atom. The van der Waals surface area contributed by atoms with Gasteiger partial charge in [0.15, 0.2) is 17.6 Å². The normalized spacial score (nSPS) is 19.8. The number of nitrogens with zero attached hydrogens (tertiary/aromatic N) is 3. The fourth-order valence-electron chi connectivity index (χ4n) is 5.93. The zero-order valence-corrected chi connectivity index (χ0v) is 30.6. The van der Waals surface area contributed by atoms with Gasteiger partial charge in [-0.3, -0.25) is 19.4 Å². The molecule has 0 saturated carbocycles. The first-order chi connectivity index (χ1) is 25.5. The number of carboxylic acids is 1. The number of aromatic nitrogens is 1. The minimum atomic E-state index is -1.22. The van der Waals surface area contributed by atoms with Gasteiger partial charge in [-0.15, -0.1) is 0 Å². The highest BCUT2D eigenvalue weighted by Gasteiger charge is 2.34. The lowest BCUT2D eigenvalue weighted by molar-refractivity contribution is -0.195. The van der Waals surface area contributed by atoms with E-state index in [0.29, 0.717) is 47.2 Å². The third kappa shape index (κ3) is 11.5. The third-order valence-electron chi connectivity index (χ3n) is 8.67. The van der Waals surface area contributed by atoms with Crippen molar-refractivity contribution in [1.82, 2.24) is 9.47 Å². The number of likely N-dealkylation sites (tertiary alicyclic amines) is 1. The van der Waals surface area contributed by atoms with Gasteiger partial charge in [0, 0.05) is 62.7 Å². The topological polar surface area (TPSA) is 207 Å². The number of aliphatic carboxylic acids is 1. The van der Waals surface area contributed by atoms with Crippen LogP contribution >= 0.6 is 0 Å². The standard InChI is InChI=1S/C36H44N6O9.C2H6/c1-22-14-31(50-34-17-27(44)16-32(51-34)36(47)48)30(18-28(22)38-19-26-6-3-4-12-42(26)21-43)49-13-5-7-33(45)39-25-15-29(41(2)20-25)35(46)40-24-10-8-23(37)9-11-24;1-2/h8-11,14-15,18-21,26-27,32,34,44H,3-7,12-13,16-17,37H2,1-2H3,(H,39,45)(H,40,46)(H,47,48);1-2H3. The number of rotatable bonds is 14. The van der Waals surface area contributed by atoms with E-state index in [2.05, 4.69) is 15.6 Å². The summed E-state index contributed by atoms with van der Waals surface area (Å²) in [5.41, 5.74) is 9.01. The Balaban J connectivity index is 0.00000308. The SMILES string of the molecule is CC.Cc1cc(OC2CC(O)CC(C(=O)O)O2)c(OCCCC(=O)Nc2cc(C(=O)Nc3ccc(N)cc3)n(C)c2)cc1N=CC1CCCCN1C=O. The molecule has 0 radical (unpaired) electrons. The van der Waals surface area contributed by atoms with Crippen molar-refractivity contribution in [2.45, 2.75) is 90.3 Å². The number of ether oxygens (including phenoxy) is 3. The maximum atomic E-state index is 12.8. The van der Waals surface area contributed by atoms with Crippen molar-refractivity contribution in [1.29, 1.82) is 0 Å². The number of benzene rings is 2. The number of hydrogen-bond donors (Lipinski definition) is 5. The van der Waals surface area contributed by atoms with E-state index in [1.807, 2.05) is 20.8 Å². The average Bonchev–Trinajstić information content (AvgIpc) is 3.51. The monoisotopic (exact) mass is 734 g/mol. The van der Waals surface area contributed by atoms with Crippen LogP contribution in [0.4, 0.5) is 22.7 Å². The zero-order chi connectivity index (χ0) is 38.5. The highest BCUT2D eigenvalue weighted by molar-refractivity contribution is 6.04. The summed E-state index contributed by atoms with van der Waals surface area (Å²) in [4.78, 5) is 55.1. The van der Waals surface area contributed by atoms with Crippen LogP contribution in [0.3, 0.4) is 0 Å². The Hall–Kier alpha value is -5.41. The number of aryl methyl sites for hydroxylation is 2. The van der Waals surface area contributed by atoms with Crippen molar-refractivity contribution < 1.29 is 43.6 Å². The third-order valence-corrected chi connectivity index (χ3v) is 8.67. The number of nitrogens with one attached hydrogen (secondary N) is 2. The fourth-order valence-corrected chi connectivity index (χ4v) is 5.93. The lowest BCUT2D eigenvalue weighted by atomic mass is 10.0. The number of amides is 3. The molecule has 4 unspecified atom stereocenters. The van der Waals surface area contributed by atoms with Gasteiger partial charge in [0.2, 0.25) is 18.6 Å². The Labute approximate surface area is 309 Å². The summed E-state index contributed by atoms with van der Waals surface area (Å²) < 4.78 is 19.3. The Morgan fingerprint density at radius 3 is 2.53 bits per heavy atom. The summed E-state index contributed by atoms with van der Waals surface area (Å²) in [7, 11) is 1.70. The summed E-state index contributed by atoms with van der Waals surface area (Å²) in [6, 6.07) is 11.6. The molecule has 0 spiro atoms. The quantitative estimate of drug-likeness (QED) is 0.0646. The van der Waals surface area contributed by atoms with Gasteiger partial charge < -0.3 is 50.3 Å². The molecule has 0 aliphatic carbocycles. The molecule has 6 N–H and O–H groups in total. The number of aliphatic hydroxyl groups is 1. The molecule has 2 aliphatic heterocycles. The number of aliphatic hydroxyl groups excluding tert-OH is 1. The van der Waals surface area contributed by atoms with Crippen LogP contribution in [-0.2, 0) is 26.2 Å². The minimum absolute atomic E-state index is 0.0482. The minimum Gasteiger partial charge on any atom is -0.490 e. The second kappa shape index (κ2) is 19.4. The van der Waals surface area contributed by atoms with Crippen molar-refractivity contribution in [3.8, 4) is 11.5 Å². The average molecular weight is 735 g/mol. The van der Waals surface area contributed by atoms with E-state index in [-0.39, 0.29) is 49.5 Å². The van der Waals surface area contributed by atoms with Crippen LogP contribution in [0, 0.1) is 6.92 Å². The summed E-state index contributed by atoms with van der Waals surface area (Å²) >= 11 is 0. The van der Waals surface area contributed by atoms with Crippen LogP contribution in [0.25, 0.3) is 0 Å². The molecule has 2 aromatic carbocycles. The Kier molecular flexibility index (Phi) is 14.8. The van der Waals surface area contributed by atoms with Crippen LogP contribution in [-0.4, -0.2) is 87.8 Å². The lowest BCUT2D eigenvalue weighted by Gasteiger charge is -2.31. The highest BCUT2D eigenvalue weighted by Crippen LogP contribution is 2.37. The van der Waals surface area contributed by atoms with E-state index in [4.69, 9.17) is 19.9 Å². The summed E-state index contributed by atoms with van der Waals surface area (Å²) in [5, 5.41) is 25.3. The molecular formula is C38H50N6O9. The Bertz CT molecular complexity index is 1740. The number of nitrogen functional groups attached to an aromatic ring is 1. The number of hydrogen-bond acceptors (Lipinski definition) is 10. The van der Waals surface area contributed by atoms with Crippen molar-refractivity contribution >= 4 is 53.2 Å². The predicted molar refractivity (Wildman–Crippen MR) is 201 cm³/mol. The summed E-state index contributed by atoms with van der Waals surface area (Å²) in [6.45, 7) is 6.62. The smallest absolute Gasteiger partial charge is 0.333 e. The largest absolute Gasteiger partial charge is 0.490 e. The molecule has 2 saturated heterocycles. The first kappa shape index (κ1) is 40.4. The number of aliphatic imine (C=N–C) groups is 1. The zero-order valence-electron chi connectivity index (χ0n) is 30.6. The van der Waals surface area contributed by atoms with Gasteiger partial charge in [0.1, 0.15) is 5.69 Å². The molecule has 4 atom stereocenters. The van der Waals surface area contributed by atoms with E-state index in [1.165, 1.54) is 0 Å². The van der Waals surface area contributed by atoms with E-state index < -0.39 is 24.5 Å². The van der Waals surface area contributed by atoms with Gasteiger partial charge in [0.25, 0.3) is 5.91 Å². The molecule has 15 nitrogen and oxygen atoms in total. The van der Waals surface area contributed by atoms with Gasteiger partial charge >= 0.3 is 5.97 Å². The maximum Gasteiger partial charge on any atom is 0.333 e. The second-order valence-electron chi connectivity index (χ2n) is 12.7. The van der Waals surface area contributed by atoms with Gasteiger partial charge in [-0.25, -0.2) is 4.79 Å². The number of carbonyl (C=O) groups is 4. The van der Waals surface area contributed by atoms with Crippen LogP contribution in [0.1, 0.15) is 74.8 Å². The van der Waals surface area contributed by atoms with Crippen LogP contribution in [0.2, 0.25) is 0 Å². The number of nitrogens with two attached hydrogens (primary N) is 1. The van der Waals surface area contributed by atoms with Gasteiger partial charge in [-0.2, -0.15) is 0 Å². The molecule has 2 aliphatic rings. The Morgan fingerprint density at radius 1 is 1.06 bits per heavy atom. The number of piperidine rings is 1. The van der Waals surface area contributed by atoms with E-state index in [1.54, 1.807) is 71.4 Å². The second-order valence-corrected chi connectivity index (χ2v) is 12.7. The van der Waals surface area contributed by atoms with Crippen LogP contribution < -0.4 is 25.8 Å². The number of carboxylic acid groups (broad SMARTS) is 1. The molecule has 2 fully saturated rings. The molecule has 3 amide bonds. The van der Waals surface area contributed by atoms with Crippen LogP contribution in [0.15, 0.2) is 53.7 Å². The molecule has 15 heteroatoms. The highest BCUT2D eigenvalue weighted by atomic mass is 16.7. The van der Waals surface area contributed by atoms with E-state index in [0.717, 1.165) is 31.2 Å². The van der Waals surface area contributed by atoms with Crippen molar-refractivity contribution in [3.63, 3.8) is 0 Å². The summed E-state index contributed by atoms with van der Waals surface area (Å²) in [5.74, 6) is -1.27. The molecule has 3 aromatic rings. The van der Waals surface area contributed by atoms with Gasteiger partial charge in [0.05, 0.1) is 30.1 Å². The predicted octanol–water partition coefficient (Wildman–Crippen LogP) is 5.03. The fraction of sp³-hybridized carbons (Fsp3) is 0.447. The van der Waals surface area contributed by atoms with Crippen LogP contribution in [0.5, 0.6) is 11.5 Å². The molecule has 286 valence electrons. The lowest BCUT2D eigenvalue weighted by Crippen LogP contribution is -2.42. The van der Waals surface area contributed by atoms with Crippen molar-refractivity contribution in [3.05, 3.63) is 59.9 Å². The van der Waals surface area contributed by atoms with Gasteiger partial charge in [-0.05, 0) is 74.6 Å². The molecule has 3 heterocycles. The molecule has 0 bridgehead atoms. The first-order valence-electron chi connectivity index (χ1n) is 17.9. The molecular weight excluding hydrogens is 684 g/mol. The number of carbonyl (C=O) groups excluding carboxylic acids is 3. The molecule has 5 rings (SSSR count). The molecule has 53 heavy (non-hydrogen) atoms. The van der Waals surface area contributed by atoms with Crippen molar-refractivity contribution in [2.75, 3.05) is 29.5 Å². The van der Waals surface area contributed by atoms with Gasteiger partial charge in [-0.1, -0.05) is 13.8 Å².